The molecule has 444 valence electrons. The van der Waals surface area contributed by atoms with Gasteiger partial charge in [-0.25, -0.2) is 0 Å². The average molecular weight is 1070 g/mol. The zero-order chi connectivity index (χ0) is 55.0. The first-order valence-electron chi connectivity index (χ1n) is 33.6. The van der Waals surface area contributed by atoms with E-state index in [9.17, 15) is 14.4 Å². The van der Waals surface area contributed by atoms with Crippen molar-refractivity contribution in [1.29, 1.82) is 0 Å². The number of hydrogen-bond acceptors (Lipinski definition) is 6. The Bertz CT molecular complexity index is 1310. The summed E-state index contributed by atoms with van der Waals surface area (Å²) in [6, 6.07) is 0. The summed E-state index contributed by atoms with van der Waals surface area (Å²) >= 11 is 0. The molecule has 0 amide bonds. The summed E-state index contributed by atoms with van der Waals surface area (Å²) in [4.78, 5) is 38.3. The lowest BCUT2D eigenvalue weighted by atomic mass is 10.0. The molecule has 0 aromatic rings. The van der Waals surface area contributed by atoms with E-state index in [-0.39, 0.29) is 31.1 Å². The highest BCUT2D eigenvalue weighted by Gasteiger charge is 2.19. The SMILES string of the molecule is CC/C=C\C/C=C\C/C=C\CCCCCC(=O)OCC(COC(=O)CCCCCCCCCCCCCCC/C=C\CCCCCCCCCC)OC(=O)CCCCCCCCCCCCCCCCCCCCCC. The van der Waals surface area contributed by atoms with Gasteiger partial charge in [0.25, 0.3) is 0 Å². The summed E-state index contributed by atoms with van der Waals surface area (Å²) < 4.78 is 16.9. The largest absolute Gasteiger partial charge is 0.462 e. The van der Waals surface area contributed by atoms with E-state index in [0.717, 1.165) is 83.5 Å². The topological polar surface area (TPSA) is 78.9 Å². The molecule has 0 saturated heterocycles. The van der Waals surface area contributed by atoms with E-state index in [2.05, 4.69) is 69.4 Å². The maximum Gasteiger partial charge on any atom is 0.306 e. The second-order valence-corrected chi connectivity index (χ2v) is 22.7. The summed E-state index contributed by atoms with van der Waals surface area (Å²) in [7, 11) is 0. The lowest BCUT2D eigenvalue weighted by molar-refractivity contribution is -0.167. The number of carbonyl (C=O) groups excluding carboxylic acids is 3. The summed E-state index contributed by atoms with van der Waals surface area (Å²) in [5.41, 5.74) is 0. The molecule has 76 heavy (non-hydrogen) atoms. The highest BCUT2D eigenvalue weighted by Crippen LogP contribution is 2.18. The molecule has 0 aromatic heterocycles. The highest BCUT2D eigenvalue weighted by molar-refractivity contribution is 5.71. The number of allylic oxidation sites excluding steroid dienone is 8. The predicted molar refractivity (Wildman–Crippen MR) is 330 cm³/mol. The molecule has 0 aliphatic rings. The lowest BCUT2D eigenvalue weighted by Gasteiger charge is -2.18. The monoisotopic (exact) mass is 1060 g/mol. The van der Waals surface area contributed by atoms with Crippen molar-refractivity contribution in [2.45, 2.75) is 367 Å². The van der Waals surface area contributed by atoms with Crippen molar-refractivity contribution in [2.24, 2.45) is 0 Å². The van der Waals surface area contributed by atoms with Gasteiger partial charge in [0.1, 0.15) is 13.2 Å². The summed E-state index contributed by atoms with van der Waals surface area (Å²) in [6.07, 6.45) is 81.4. The Balaban J connectivity index is 4.25. The molecule has 0 aliphatic heterocycles. The van der Waals surface area contributed by atoms with Crippen molar-refractivity contribution in [2.75, 3.05) is 13.2 Å². The van der Waals surface area contributed by atoms with E-state index in [1.807, 2.05) is 0 Å². The Hall–Kier alpha value is -2.63. The van der Waals surface area contributed by atoms with E-state index >= 15 is 0 Å². The van der Waals surface area contributed by atoms with Crippen molar-refractivity contribution in [3.63, 3.8) is 0 Å². The van der Waals surface area contributed by atoms with Crippen LogP contribution in [0.2, 0.25) is 0 Å². The molecule has 6 heteroatoms. The number of ether oxygens (including phenoxy) is 3. The van der Waals surface area contributed by atoms with Gasteiger partial charge in [-0.15, -0.1) is 0 Å². The van der Waals surface area contributed by atoms with Gasteiger partial charge < -0.3 is 14.2 Å². The third-order valence-corrected chi connectivity index (χ3v) is 15.1. The molecular weight excluding hydrogens is 937 g/mol. The van der Waals surface area contributed by atoms with Gasteiger partial charge in [0.05, 0.1) is 0 Å². The first-order chi connectivity index (χ1) is 37.5. The van der Waals surface area contributed by atoms with Crippen molar-refractivity contribution in [3.05, 3.63) is 48.6 Å². The van der Waals surface area contributed by atoms with Gasteiger partial charge in [0.2, 0.25) is 0 Å². The standard InChI is InChI=1S/C70H128O6/c1-4-7-10-13-16-19-22-25-27-29-31-33-34-35-36-37-39-40-42-45-48-51-54-57-60-63-69(72)75-66-67(65-74-68(71)62-59-56-53-50-47-44-24-21-18-15-12-9-6-3)76-70(73)64-61-58-55-52-49-46-43-41-38-32-30-28-26-23-20-17-14-11-8-5-2/h9,12,18,21,29,31,44,47,67H,4-8,10-11,13-17,19-20,22-28,30,32-43,45-46,48-66H2,1-3H3/b12-9-,21-18-,31-29-,47-44-. The summed E-state index contributed by atoms with van der Waals surface area (Å²) in [6.45, 7) is 6.56. The van der Waals surface area contributed by atoms with Crippen LogP contribution >= 0.6 is 0 Å². The molecule has 0 radical (unpaired) electrons. The van der Waals surface area contributed by atoms with Crippen molar-refractivity contribution < 1.29 is 28.6 Å². The third-order valence-electron chi connectivity index (χ3n) is 15.1. The molecule has 0 spiro atoms. The molecular formula is C70H128O6. The van der Waals surface area contributed by atoms with Crippen LogP contribution < -0.4 is 0 Å². The molecule has 0 fully saturated rings. The van der Waals surface area contributed by atoms with Crippen LogP contribution in [0.4, 0.5) is 0 Å². The summed E-state index contributed by atoms with van der Waals surface area (Å²) in [5.74, 6) is -0.886. The number of rotatable bonds is 62. The van der Waals surface area contributed by atoms with Crippen molar-refractivity contribution in [3.8, 4) is 0 Å². The van der Waals surface area contributed by atoms with Crippen LogP contribution in [0, 0.1) is 0 Å². The molecule has 0 aromatic carbocycles. The smallest absolute Gasteiger partial charge is 0.306 e. The number of unbranched alkanes of at least 4 members (excludes halogenated alkanes) is 43. The second-order valence-electron chi connectivity index (χ2n) is 22.7. The van der Waals surface area contributed by atoms with Crippen LogP contribution in [0.3, 0.4) is 0 Å². The van der Waals surface area contributed by atoms with Crippen molar-refractivity contribution in [1.82, 2.24) is 0 Å². The Morgan fingerprint density at radius 2 is 0.513 bits per heavy atom. The van der Waals surface area contributed by atoms with Gasteiger partial charge >= 0.3 is 17.9 Å². The van der Waals surface area contributed by atoms with E-state index in [1.54, 1.807) is 0 Å². The fourth-order valence-electron chi connectivity index (χ4n) is 10.0. The number of hydrogen-bond donors (Lipinski definition) is 0. The molecule has 1 atom stereocenters. The normalized spacial score (nSPS) is 12.3. The molecule has 0 aliphatic carbocycles. The van der Waals surface area contributed by atoms with Gasteiger partial charge in [-0.2, -0.15) is 0 Å². The van der Waals surface area contributed by atoms with E-state index in [0.29, 0.717) is 19.3 Å². The van der Waals surface area contributed by atoms with Gasteiger partial charge in [0, 0.05) is 19.3 Å². The van der Waals surface area contributed by atoms with Crippen LogP contribution in [0.15, 0.2) is 48.6 Å². The fraction of sp³-hybridized carbons (Fsp3) is 0.843. The second kappa shape index (κ2) is 64.9. The predicted octanol–water partition coefficient (Wildman–Crippen LogP) is 22.9. The van der Waals surface area contributed by atoms with E-state index < -0.39 is 6.10 Å². The van der Waals surface area contributed by atoms with Gasteiger partial charge in [-0.05, 0) is 77.0 Å². The van der Waals surface area contributed by atoms with Crippen LogP contribution in [-0.2, 0) is 28.6 Å². The van der Waals surface area contributed by atoms with Crippen LogP contribution in [0.5, 0.6) is 0 Å². The zero-order valence-electron chi connectivity index (χ0n) is 51.0. The summed E-state index contributed by atoms with van der Waals surface area (Å²) in [5, 5.41) is 0. The molecule has 1 unspecified atom stereocenters. The van der Waals surface area contributed by atoms with Crippen LogP contribution in [0.1, 0.15) is 361 Å². The Labute approximate surface area is 473 Å². The Morgan fingerprint density at radius 1 is 0.276 bits per heavy atom. The van der Waals surface area contributed by atoms with Gasteiger partial charge in [-0.1, -0.05) is 313 Å². The first kappa shape index (κ1) is 73.4. The zero-order valence-corrected chi connectivity index (χ0v) is 51.0. The Kier molecular flexibility index (Phi) is 62.6. The average Bonchev–Trinajstić information content (AvgIpc) is 3.42. The lowest BCUT2D eigenvalue weighted by Crippen LogP contribution is -2.30. The minimum absolute atomic E-state index is 0.0785. The molecule has 0 rings (SSSR count). The van der Waals surface area contributed by atoms with E-state index in [4.69, 9.17) is 14.2 Å². The number of esters is 3. The number of carbonyl (C=O) groups is 3. The maximum absolute atomic E-state index is 12.9. The van der Waals surface area contributed by atoms with E-state index in [1.165, 1.54) is 238 Å². The third kappa shape index (κ3) is 62.2. The molecule has 0 N–H and O–H groups in total. The van der Waals surface area contributed by atoms with Crippen LogP contribution in [0.25, 0.3) is 0 Å². The molecule has 6 nitrogen and oxygen atoms in total. The minimum Gasteiger partial charge on any atom is -0.462 e. The van der Waals surface area contributed by atoms with Crippen LogP contribution in [-0.4, -0.2) is 37.2 Å². The maximum atomic E-state index is 12.9. The quantitative estimate of drug-likeness (QED) is 0.0261. The molecule has 0 saturated carbocycles. The fourth-order valence-corrected chi connectivity index (χ4v) is 10.0. The van der Waals surface area contributed by atoms with Crippen molar-refractivity contribution >= 4 is 17.9 Å². The highest BCUT2D eigenvalue weighted by atomic mass is 16.6. The molecule has 0 bridgehead atoms. The Morgan fingerprint density at radius 3 is 0.829 bits per heavy atom. The first-order valence-corrected chi connectivity index (χ1v) is 33.6. The molecule has 0 heterocycles. The van der Waals surface area contributed by atoms with Gasteiger partial charge in [-0.3, -0.25) is 14.4 Å². The van der Waals surface area contributed by atoms with Gasteiger partial charge in [0.15, 0.2) is 6.10 Å². The minimum atomic E-state index is -0.783.